The lowest BCUT2D eigenvalue weighted by Gasteiger charge is -2.11. The summed E-state index contributed by atoms with van der Waals surface area (Å²) < 4.78 is 0. The highest BCUT2D eigenvalue weighted by molar-refractivity contribution is 5.93. The van der Waals surface area contributed by atoms with E-state index < -0.39 is 17.0 Å². The molecule has 0 bridgehead atoms. The summed E-state index contributed by atoms with van der Waals surface area (Å²) in [6, 6.07) is 1.51. The van der Waals surface area contributed by atoms with E-state index in [1.807, 2.05) is 0 Å². The Balaban J connectivity index is 2.67. The number of pyridine rings is 1. The van der Waals surface area contributed by atoms with Gasteiger partial charge in [0.1, 0.15) is 6.04 Å². The first-order valence-electron chi connectivity index (χ1n) is 6.82. The normalized spacial score (nSPS) is 14.0. The Morgan fingerprint density at radius 3 is 2.82 bits per heavy atom. The van der Waals surface area contributed by atoms with Crippen molar-refractivity contribution in [3.8, 4) is 0 Å². The lowest BCUT2D eigenvalue weighted by Crippen LogP contribution is -2.31. The second kappa shape index (κ2) is 8.60. The average molecular weight is 306 g/mol. The van der Waals surface area contributed by atoms with Gasteiger partial charge in [0, 0.05) is 30.3 Å². The summed E-state index contributed by atoms with van der Waals surface area (Å²) in [5, 5.41) is 16.3. The van der Waals surface area contributed by atoms with Crippen molar-refractivity contribution in [2.24, 2.45) is 5.18 Å². The molecule has 8 heteroatoms. The van der Waals surface area contributed by atoms with Crippen molar-refractivity contribution < 1.29 is 9.72 Å². The minimum atomic E-state index is -0.852. The molecule has 0 saturated heterocycles. The Morgan fingerprint density at radius 2 is 2.32 bits per heavy atom. The fourth-order valence-electron chi connectivity index (χ4n) is 1.97. The number of nitro groups is 1. The van der Waals surface area contributed by atoms with Gasteiger partial charge in [-0.2, -0.15) is 4.91 Å². The first-order chi connectivity index (χ1) is 10.5. The van der Waals surface area contributed by atoms with Crippen molar-refractivity contribution in [3.63, 3.8) is 0 Å². The molecule has 0 aromatic carbocycles. The van der Waals surface area contributed by atoms with Gasteiger partial charge in [0.15, 0.2) is 0 Å². The minimum absolute atomic E-state index is 0.0251. The molecule has 2 unspecified atom stereocenters. The monoisotopic (exact) mass is 306 g/mol. The van der Waals surface area contributed by atoms with Gasteiger partial charge in [-0.15, -0.1) is 0 Å². The predicted octanol–water partition coefficient (Wildman–Crippen LogP) is 1.95. The van der Waals surface area contributed by atoms with Crippen LogP contribution in [0.4, 0.5) is 0 Å². The number of rotatable bonds is 8. The van der Waals surface area contributed by atoms with Gasteiger partial charge in [-0.25, -0.2) is 0 Å². The van der Waals surface area contributed by atoms with E-state index in [1.54, 1.807) is 32.2 Å². The fourth-order valence-corrected chi connectivity index (χ4v) is 1.97. The molecule has 0 aliphatic rings. The third kappa shape index (κ3) is 5.04. The number of nitrogens with one attached hydrogen (secondary N) is 1. The Bertz CT molecular complexity index is 559. The van der Waals surface area contributed by atoms with Crippen LogP contribution in [-0.4, -0.2) is 34.4 Å². The number of carbonyl (C=O) groups excluding carboxylic acids is 1. The summed E-state index contributed by atoms with van der Waals surface area (Å²) in [5.74, 6) is -0.380. The van der Waals surface area contributed by atoms with Crippen LogP contribution in [0.25, 0.3) is 0 Å². The van der Waals surface area contributed by atoms with Gasteiger partial charge < -0.3 is 5.32 Å². The molecular weight excluding hydrogens is 288 g/mol. The van der Waals surface area contributed by atoms with Crippen LogP contribution in [-0.2, 0) is 0 Å². The van der Waals surface area contributed by atoms with E-state index in [4.69, 9.17) is 0 Å². The zero-order valence-electron chi connectivity index (χ0n) is 12.4. The number of hydrogen-bond acceptors (Lipinski definition) is 6. The second-order valence-corrected chi connectivity index (χ2v) is 4.74. The molecule has 0 radical (unpaired) electrons. The molecule has 8 nitrogen and oxygen atoms in total. The van der Waals surface area contributed by atoms with Gasteiger partial charge in [-0.1, -0.05) is 12.1 Å². The van der Waals surface area contributed by atoms with E-state index in [-0.39, 0.29) is 12.5 Å². The SMILES string of the molecule is CCC(C(C)=CC(CNC(=O)c1cccnc1)N=O)[N+](=O)[O-]. The first-order valence-corrected chi connectivity index (χ1v) is 6.82. The summed E-state index contributed by atoms with van der Waals surface area (Å²) in [6.45, 7) is 3.25. The van der Waals surface area contributed by atoms with Crippen molar-refractivity contribution in [2.45, 2.75) is 32.4 Å². The Hall–Kier alpha value is -2.64. The van der Waals surface area contributed by atoms with E-state index in [0.717, 1.165) is 0 Å². The molecule has 2 atom stereocenters. The molecule has 0 spiro atoms. The lowest BCUT2D eigenvalue weighted by molar-refractivity contribution is -0.512. The smallest absolute Gasteiger partial charge is 0.252 e. The Kier molecular flexibility index (Phi) is 6.81. The van der Waals surface area contributed by atoms with Crippen molar-refractivity contribution in [2.75, 3.05) is 6.54 Å². The standard InChI is InChI=1S/C14H18N4O4/c1-3-13(18(21)22)10(2)7-12(17-20)9-16-14(19)11-5-4-6-15-8-11/h4-8,12-13H,3,9H2,1-2H3,(H,16,19). The van der Waals surface area contributed by atoms with Crippen LogP contribution in [0.5, 0.6) is 0 Å². The molecule has 0 aliphatic heterocycles. The topological polar surface area (TPSA) is 115 Å². The van der Waals surface area contributed by atoms with Crippen LogP contribution in [0.3, 0.4) is 0 Å². The highest BCUT2D eigenvalue weighted by atomic mass is 16.6. The minimum Gasteiger partial charge on any atom is -0.349 e. The molecule has 1 amide bonds. The molecule has 0 fully saturated rings. The molecule has 118 valence electrons. The van der Waals surface area contributed by atoms with Gasteiger partial charge in [0.2, 0.25) is 6.04 Å². The van der Waals surface area contributed by atoms with Gasteiger partial charge in [-0.05, 0) is 30.7 Å². The molecule has 22 heavy (non-hydrogen) atoms. The van der Waals surface area contributed by atoms with Crippen LogP contribution in [0, 0.1) is 15.0 Å². The van der Waals surface area contributed by atoms with E-state index >= 15 is 0 Å². The van der Waals surface area contributed by atoms with Crippen molar-refractivity contribution in [3.05, 3.63) is 56.8 Å². The molecule has 1 heterocycles. The largest absolute Gasteiger partial charge is 0.349 e. The predicted molar refractivity (Wildman–Crippen MR) is 81.0 cm³/mol. The van der Waals surface area contributed by atoms with Crippen molar-refractivity contribution in [1.29, 1.82) is 0 Å². The van der Waals surface area contributed by atoms with Crippen LogP contribution < -0.4 is 5.32 Å². The van der Waals surface area contributed by atoms with Crippen molar-refractivity contribution >= 4 is 5.91 Å². The van der Waals surface area contributed by atoms with Gasteiger partial charge in [0.25, 0.3) is 5.91 Å². The maximum atomic E-state index is 11.8. The number of amides is 1. The maximum Gasteiger partial charge on any atom is 0.252 e. The van der Waals surface area contributed by atoms with Crippen LogP contribution >= 0.6 is 0 Å². The zero-order chi connectivity index (χ0) is 16.5. The van der Waals surface area contributed by atoms with Crippen LogP contribution in [0.1, 0.15) is 30.6 Å². The third-order valence-electron chi connectivity index (χ3n) is 3.15. The van der Waals surface area contributed by atoms with Gasteiger partial charge in [-0.3, -0.25) is 19.9 Å². The van der Waals surface area contributed by atoms with Gasteiger partial charge in [0.05, 0.1) is 5.56 Å². The number of aromatic nitrogens is 1. The van der Waals surface area contributed by atoms with E-state index in [2.05, 4.69) is 15.5 Å². The lowest BCUT2D eigenvalue weighted by atomic mass is 10.0. The summed E-state index contributed by atoms with van der Waals surface area (Å²) in [5.41, 5.74) is 0.817. The molecule has 1 N–H and O–H groups in total. The van der Waals surface area contributed by atoms with Crippen molar-refractivity contribution in [1.82, 2.24) is 10.3 Å². The molecule has 1 aromatic heterocycles. The molecule has 0 saturated carbocycles. The quantitative estimate of drug-likeness (QED) is 0.341. The third-order valence-corrected chi connectivity index (χ3v) is 3.15. The zero-order valence-corrected chi connectivity index (χ0v) is 12.4. The number of hydrogen-bond donors (Lipinski definition) is 1. The summed E-state index contributed by atoms with van der Waals surface area (Å²) >= 11 is 0. The Labute approximate surface area is 127 Å². The molecular formula is C14H18N4O4. The highest BCUT2D eigenvalue weighted by Crippen LogP contribution is 2.11. The molecule has 1 aromatic rings. The Morgan fingerprint density at radius 1 is 1.59 bits per heavy atom. The summed E-state index contributed by atoms with van der Waals surface area (Å²) in [7, 11) is 0. The van der Waals surface area contributed by atoms with E-state index in [1.165, 1.54) is 12.3 Å². The van der Waals surface area contributed by atoms with E-state index in [0.29, 0.717) is 17.6 Å². The number of nitrogens with zero attached hydrogens (tertiary/aromatic N) is 3. The maximum absolute atomic E-state index is 11.8. The van der Waals surface area contributed by atoms with E-state index in [9.17, 15) is 19.8 Å². The second-order valence-electron chi connectivity index (χ2n) is 4.74. The number of carbonyl (C=O) groups is 1. The summed E-state index contributed by atoms with van der Waals surface area (Å²) in [4.78, 5) is 37.0. The van der Waals surface area contributed by atoms with Crippen LogP contribution in [0.2, 0.25) is 0 Å². The highest BCUT2D eigenvalue weighted by Gasteiger charge is 2.21. The summed E-state index contributed by atoms with van der Waals surface area (Å²) in [6.07, 6.45) is 4.69. The molecule has 1 rings (SSSR count). The van der Waals surface area contributed by atoms with Crippen LogP contribution in [0.15, 0.2) is 41.4 Å². The number of nitroso groups, excluding NO2 is 1. The fraction of sp³-hybridized carbons (Fsp3) is 0.429. The average Bonchev–Trinajstić information content (AvgIpc) is 2.52. The first kappa shape index (κ1) is 17.4. The van der Waals surface area contributed by atoms with Gasteiger partial charge >= 0.3 is 0 Å². The molecule has 0 aliphatic carbocycles.